The number of piperidine rings is 1. The van der Waals surface area contributed by atoms with E-state index in [1.807, 2.05) is 66.4 Å². The lowest BCUT2D eigenvalue weighted by atomic mass is 9.90. The third-order valence-corrected chi connectivity index (χ3v) is 8.06. The van der Waals surface area contributed by atoms with E-state index in [4.69, 9.17) is 21.4 Å². The highest BCUT2D eigenvalue weighted by molar-refractivity contribution is 6.29. The Hall–Kier alpha value is -4.37. The summed E-state index contributed by atoms with van der Waals surface area (Å²) < 4.78 is 6.92. The van der Waals surface area contributed by atoms with Crippen LogP contribution >= 0.6 is 11.6 Å². The second-order valence-corrected chi connectivity index (χ2v) is 12.7. The van der Waals surface area contributed by atoms with Crippen molar-refractivity contribution in [1.82, 2.24) is 19.7 Å². The Balaban J connectivity index is 1.16. The number of likely N-dealkylation sites (tertiary alicyclic amines) is 1. The summed E-state index contributed by atoms with van der Waals surface area (Å²) in [5, 5.41) is 11.0. The number of pyridine rings is 1. The molecule has 4 aromatic rings. The first-order valence-corrected chi connectivity index (χ1v) is 15.2. The number of anilines is 2. The number of halogens is 1. The molecule has 5 rings (SSSR count). The molecule has 3 heterocycles. The van der Waals surface area contributed by atoms with Crippen LogP contribution in [0.1, 0.15) is 60.8 Å². The van der Waals surface area contributed by atoms with Crippen molar-refractivity contribution in [2.45, 2.75) is 52.4 Å². The van der Waals surface area contributed by atoms with Gasteiger partial charge in [-0.3, -0.25) is 10.1 Å². The largest absolute Gasteiger partial charge is 0.481 e. The highest BCUT2D eigenvalue weighted by Crippen LogP contribution is 2.28. The van der Waals surface area contributed by atoms with Crippen molar-refractivity contribution in [3.05, 3.63) is 94.3 Å². The Morgan fingerprint density at radius 3 is 2.30 bits per heavy atom. The number of hydrogen-bond donors (Lipinski definition) is 2. The van der Waals surface area contributed by atoms with E-state index in [2.05, 4.69) is 36.4 Å². The van der Waals surface area contributed by atoms with Gasteiger partial charge in [-0.05, 0) is 68.0 Å². The van der Waals surface area contributed by atoms with Crippen molar-refractivity contribution in [2.24, 2.45) is 5.92 Å². The van der Waals surface area contributed by atoms with Gasteiger partial charge in [-0.1, -0.05) is 62.2 Å². The molecule has 1 saturated heterocycles. The van der Waals surface area contributed by atoms with Gasteiger partial charge in [-0.25, -0.2) is 14.5 Å². The van der Waals surface area contributed by atoms with Crippen LogP contribution in [0.4, 0.5) is 16.3 Å². The fourth-order valence-corrected chi connectivity index (χ4v) is 5.48. The molecule has 1 fully saturated rings. The number of nitrogens with zero attached hydrogens (tertiary/aromatic N) is 4. The number of aromatic nitrogens is 3. The first-order chi connectivity index (χ1) is 21.0. The van der Waals surface area contributed by atoms with Gasteiger partial charge in [0.1, 0.15) is 11.0 Å². The molecule has 230 valence electrons. The maximum Gasteiger partial charge on any atom is 0.324 e. The van der Waals surface area contributed by atoms with Gasteiger partial charge in [0.15, 0.2) is 0 Å². The van der Waals surface area contributed by atoms with Crippen LogP contribution in [0.15, 0.2) is 66.7 Å². The SMILES string of the molecule is COc1cc(C(=O)N2CCC(Cc3ccc(NC(=O)Nc4cc(C(C)(C)C)nn4-c4ccc(C)cc4)cc3)CC2)cc(Cl)n1. The van der Waals surface area contributed by atoms with Crippen molar-refractivity contribution in [3.8, 4) is 11.6 Å². The van der Waals surface area contributed by atoms with E-state index in [9.17, 15) is 9.59 Å². The first-order valence-electron chi connectivity index (χ1n) is 14.8. The molecule has 3 amide bonds. The van der Waals surface area contributed by atoms with E-state index in [1.54, 1.807) is 16.8 Å². The summed E-state index contributed by atoms with van der Waals surface area (Å²) in [6, 6.07) is 20.8. The molecule has 2 aromatic carbocycles. The lowest BCUT2D eigenvalue weighted by Gasteiger charge is -2.32. The van der Waals surface area contributed by atoms with Gasteiger partial charge in [-0.2, -0.15) is 5.10 Å². The summed E-state index contributed by atoms with van der Waals surface area (Å²) >= 11 is 6.06. The molecule has 0 unspecified atom stereocenters. The van der Waals surface area contributed by atoms with Gasteiger partial charge in [0, 0.05) is 41.9 Å². The summed E-state index contributed by atoms with van der Waals surface area (Å²) in [4.78, 5) is 31.9. The zero-order valence-corrected chi connectivity index (χ0v) is 26.6. The summed E-state index contributed by atoms with van der Waals surface area (Å²) in [6.07, 6.45) is 2.74. The van der Waals surface area contributed by atoms with E-state index in [0.29, 0.717) is 42.0 Å². The molecule has 9 nitrogen and oxygen atoms in total. The van der Waals surface area contributed by atoms with E-state index in [-0.39, 0.29) is 22.5 Å². The quantitative estimate of drug-likeness (QED) is 0.213. The first kappa shape index (κ1) is 31.1. The van der Waals surface area contributed by atoms with Crippen molar-refractivity contribution in [1.29, 1.82) is 0 Å². The number of ether oxygens (including phenoxy) is 1. The number of carbonyl (C=O) groups excluding carboxylic acids is 2. The maximum absolute atomic E-state index is 13.0. The number of rotatable bonds is 7. The number of carbonyl (C=O) groups is 2. The van der Waals surface area contributed by atoms with Crippen molar-refractivity contribution < 1.29 is 14.3 Å². The molecule has 0 bridgehead atoms. The van der Waals surface area contributed by atoms with Crippen LogP contribution in [-0.4, -0.2) is 51.8 Å². The van der Waals surface area contributed by atoms with Crippen LogP contribution < -0.4 is 15.4 Å². The molecule has 10 heteroatoms. The number of aryl methyl sites for hydroxylation is 1. The third kappa shape index (κ3) is 7.58. The number of nitrogens with one attached hydrogen (secondary N) is 2. The average molecular weight is 615 g/mol. The molecule has 1 aliphatic heterocycles. The maximum atomic E-state index is 13.0. The Labute approximate surface area is 263 Å². The van der Waals surface area contributed by atoms with Crippen LogP contribution in [-0.2, 0) is 11.8 Å². The van der Waals surface area contributed by atoms with Crippen LogP contribution in [0.2, 0.25) is 5.15 Å². The summed E-state index contributed by atoms with van der Waals surface area (Å²) in [6.45, 7) is 9.69. The Morgan fingerprint density at radius 2 is 1.66 bits per heavy atom. The normalized spacial score (nSPS) is 13.9. The number of urea groups is 1. The molecule has 0 aliphatic carbocycles. The molecule has 2 N–H and O–H groups in total. The minimum absolute atomic E-state index is 0.0590. The lowest BCUT2D eigenvalue weighted by Crippen LogP contribution is -2.39. The van der Waals surface area contributed by atoms with Gasteiger partial charge in [-0.15, -0.1) is 0 Å². The fourth-order valence-electron chi connectivity index (χ4n) is 5.28. The summed E-state index contributed by atoms with van der Waals surface area (Å²) in [5.41, 5.74) is 5.13. The standard InChI is InChI=1S/C34H39ClN6O3/c1-22-6-12-27(13-7-22)41-30(21-28(39-41)34(2,3)4)38-33(43)36-26-10-8-23(9-11-26)18-24-14-16-40(17-15-24)32(42)25-19-29(35)37-31(20-25)44-5/h6-13,19-21,24H,14-18H2,1-5H3,(H2,36,38,43). The average Bonchev–Trinajstić information content (AvgIpc) is 3.42. The molecule has 0 saturated carbocycles. The third-order valence-electron chi connectivity index (χ3n) is 7.86. The Morgan fingerprint density at radius 1 is 0.977 bits per heavy atom. The molecular weight excluding hydrogens is 576 g/mol. The van der Waals surface area contributed by atoms with E-state index in [1.165, 1.54) is 12.7 Å². The van der Waals surface area contributed by atoms with Gasteiger partial charge in [0.05, 0.1) is 18.5 Å². The summed E-state index contributed by atoms with van der Waals surface area (Å²) in [7, 11) is 1.50. The zero-order chi connectivity index (χ0) is 31.4. The second-order valence-electron chi connectivity index (χ2n) is 12.3. The van der Waals surface area contributed by atoms with Crippen molar-refractivity contribution in [2.75, 3.05) is 30.8 Å². The van der Waals surface area contributed by atoms with Gasteiger partial charge in [0.2, 0.25) is 5.88 Å². The van der Waals surface area contributed by atoms with E-state index >= 15 is 0 Å². The lowest BCUT2D eigenvalue weighted by molar-refractivity contribution is 0.0690. The smallest absolute Gasteiger partial charge is 0.324 e. The number of benzene rings is 2. The fraction of sp³-hybridized carbons (Fsp3) is 0.353. The minimum atomic E-state index is -0.336. The molecule has 0 radical (unpaired) electrons. The summed E-state index contributed by atoms with van der Waals surface area (Å²) in [5.74, 6) is 1.34. The topological polar surface area (TPSA) is 101 Å². The molecule has 0 spiro atoms. The van der Waals surface area contributed by atoms with Gasteiger partial charge in [0.25, 0.3) is 5.91 Å². The van der Waals surface area contributed by atoms with Crippen LogP contribution in [0, 0.1) is 12.8 Å². The highest BCUT2D eigenvalue weighted by Gasteiger charge is 2.25. The van der Waals surface area contributed by atoms with Gasteiger partial charge < -0.3 is 15.0 Å². The Kier molecular flexibility index (Phi) is 9.25. The Bertz CT molecular complexity index is 1620. The highest BCUT2D eigenvalue weighted by atomic mass is 35.5. The molecule has 0 atom stereocenters. The van der Waals surface area contributed by atoms with Crippen LogP contribution in [0.5, 0.6) is 5.88 Å². The van der Waals surface area contributed by atoms with Crippen LogP contribution in [0.25, 0.3) is 5.69 Å². The molecular formula is C34H39ClN6O3. The van der Waals surface area contributed by atoms with Gasteiger partial charge >= 0.3 is 6.03 Å². The number of hydrogen-bond acceptors (Lipinski definition) is 5. The van der Waals surface area contributed by atoms with Crippen molar-refractivity contribution in [3.63, 3.8) is 0 Å². The number of methoxy groups -OCH3 is 1. The van der Waals surface area contributed by atoms with E-state index in [0.717, 1.165) is 36.2 Å². The van der Waals surface area contributed by atoms with Crippen LogP contribution in [0.3, 0.4) is 0 Å². The monoisotopic (exact) mass is 614 g/mol. The molecule has 1 aliphatic rings. The second kappa shape index (κ2) is 13.1. The predicted octanol–water partition coefficient (Wildman–Crippen LogP) is 7.27. The molecule has 44 heavy (non-hydrogen) atoms. The number of amides is 3. The van der Waals surface area contributed by atoms with Crippen molar-refractivity contribution >= 4 is 35.0 Å². The molecule has 2 aromatic heterocycles. The predicted molar refractivity (Wildman–Crippen MR) is 174 cm³/mol. The van der Waals surface area contributed by atoms with E-state index < -0.39 is 0 Å². The minimum Gasteiger partial charge on any atom is -0.481 e. The zero-order valence-electron chi connectivity index (χ0n) is 25.9.